The quantitative estimate of drug-likeness (QED) is 0.740. The Morgan fingerprint density at radius 3 is 2.53 bits per heavy atom. The lowest BCUT2D eigenvalue weighted by Crippen LogP contribution is -2.19. The molecule has 1 aliphatic heterocycles. The van der Waals surface area contributed by atoms with Crippen LogP contribution >= 0.6 is 0 Å². The van der Waals surface area contributed by atoms with Gasteiger partial charge in [0.2, 0.25) is 5.95 Å². The Morgan fingerprint density at radius 1 is 1.27 bits per heavy atom. The van der Waals surface area contributed by atoms with E-state index in [1.807, 2.05) is 11.7 Å². The average Bonchev–Trinajstić information content (AvgIpc) is 2.75. The van der Waals surface area contributed by atoms with Gasteiger partial charge < -0.3 is 4.90 Å². The Morgan fingerprint density at radius 2 is 1.93 bits per heavy atom. The van der Waals surface area contributed by atoms with Crippen molar-refractivity contribution in [2.75, 3.05) is 18.0 Å². The summed E-state index contributed by atoms with van der Waals surface area (Å²) in [5, 5.41) is 4.43. The van der Waals surface area contributed by atoms with Crippen molar-refractivity contribution in [3.05, 3.63) is 11.4 Å². The highest BCUT2D eigenvalue weighted by Gasteiger charge is 2.17. The van der Waals surface area contributed by atoms with Crippen molar-refractivity contribution in [1.82, 2.24) is 14.8 Å². The fourth-order valence-corrected chi connectivity index (χ4v) is 1.82. The van der Waals surface area contributed by atoms with Crippen molar-refractivity contribution < 1.29 is 0 Å². The standard InChI is InChI=1S/C11H18N4/c1-9(2)8-10-12-11(13-14(10)3)15-6-4-5-7-15/h8H,4-7H2,1-3H3. The van der Waals surface area contributed by atoms with Crippen LogP contribution in [-0.4, -0.2) is 27.9 Å². The molecule has 2 heterocycles. The van der Waals surface area contributed by atoms with E-state index in [4.69, 9.17) is 0 Å². The van der Waals surface area contributed by atoms with Crippen LogP contribution in [0.2, 0.25) is 0 Å². The molecule has 0 radical (unpaired) electrons. The third-order valence-corrected chi connectivity index (χ3v) is 2.59. The maximum absolute atomic E-state index is 4.53. The van der Waals surface area contributed by atoms with E-state index in [0.29, 0.717) is 0 Å². The van der Waals surface area contributed by atoms with E-state index < -0.39 is 0 Å². The number of aryl methyl sites for hydroxylation is 1. The highest BCUT2D eigenvalue weighted by atomic mass is 15.4. The summed E-state index contributed by atoms with van der Waals surface area (Å²) < 4.78 is 1.85. The molecule has 4 heteroatoms. The van der Waals surface area contributed by atoms with Gasteiger partial charge in [-0.2, -0.15) is 4.98 Å². The maximum atomic E-state index is 4.53. The largest absolute Gasteiger partial charge is 0.340 e. The molecule has 2 rings (SSSR count). The third kappa shape index (κ3) is 2.19. The molecule has 15 heavy (non-hydrogen) atoms. The summed E-state index contributed by atoms with van der Waals surface area (Å²) in [6, 6.07) is 0. The summed E-state index contributed by atoms with van der Waals surface area (Å²) in [4.78, 5) is 6.79. The number of nitrogens with zero attached hydrogens (tertiary/aromatic N) is 4. The van der Waals surface area contributed by atoms with Gasteiger partial charge in [0.15, 0.2) is 5.82 Å². The van der Waals surface area contributed by atoms with E-state index in [1.54, 1.807) is 0 Å². The number of rotatable bonds is 2. The van der Waals surface area contributed by atoms with Gasteiger partial charge in [-0.3, -0.25) is 0 Å². The lowest BCUT2D eigenvalue weighted by Gasteiger charge is -2.10. The molecule has 0 unspecified atom stereocenters. The topological polar surface area (TPSA) is 34.0 Å². The fraction of sp³-hybridized carbons (Fsp3) is 0.636. The van der Waals surface area contributed by atoms with Crippen molar-refractivity contribution in [1.29, 1.82) is 0 Å². The summed E-state index contributed by atoms with van der Waals surface area (Å²) in [5.74, 6) is 1.82. The monoisotopic (exact) mass is 206 g/mol. The van der Waals surface area contributed by atoms with Crippen molar-refractivity contribution >= 4 is 12.0 Å². The molecule has 4 nitrogen and oxygen atoms in total. The van der Waals surface area contributed by atoms with Crippen LogP contribution in [0.5, 0.6) is 0 Å². The van der Waals surface area contributed by atoms with Crippen LogP contribution in [0, 0.1) is 0 Å². The Balaban J connectivity index is 2.24. The molecule has 1 fully saturated rings. The molecule has 1 aromatic rings. The minimum Gasteiger partial charge on any atom is -0.340 e. The van der Waals surface area contributed by atoms with E-state index in [-0.39, 0.29) is 0 Å². The molecule has 0 saturated carbocycles. The minimum atomic E-state index is 0.877. The predicted octanol–water partition coefficient (Wildman–Crippen LogP) is 1.84. The second-order valence-corrected chi connectivity index (χ2v) is 4.31. The molecule has 1 aliphatic rings. The minimum absolute atomic E-state index is 0.877. The summed E-state index contributed by atoms with van der Waals surface area (Å²) in [6.45, 7) is 6.34. The zero-order valence-electron chi connectivity index (χ0n) is 9.69. The molecule has 0 spiro atoms. The van der Waals surface area contributed by atoms with Gasteiger partial charge in [0.25, 0.3) is 0 Å². The van der Waals surface area contributed by atoms with Gasteiger partial charge >= 0.3 is 0 Å². The summed E-state index contributed by atoms with van der Waals surface area (Å²) in [7, 11) is 1.95. The number of anilines is 1. The first-order chi connectivity index (χ1) is 7.16. The molecule has 0 atom stereocenters. The highest BCUT2D eigenvalue weighted by molar-refractivity contribution is 5.46. The van der Waals surface area contributed by atoms with E-state index in [2.05, 4.69) is 34.9 Å². The van der Waals surface area contributed by atoms with E-state index in [1.165, 1.54) is 18.4 Å². The van der Waals surface area contributed by atoms with Gasteiger partial charge in [-0.1, -0.05) is 5.57 Å². The fourth-order valence-electron chi connectivity index (χ4n) is 1.82. The van der Waals surface area contributed by atoms with Crippen LogP contribution in [0.3, 0.4) is 0 Å². The Bertz CT molecular complexity index is 368. The van der Waals surface area contributed by atoms with Crippen molar-refractivity contribution in [2.45, 2.75) is 26.7 Å². The molecule has 1 aromatic heterocycles. The molecular formula is C11H18N4. The normalized spacial score (nSPS) is 15.8. The molecule has 1 saturated heterocycles. The molecule has 0 bridgehead atoms. The molecular weight excluding hydrogens is 188 g/mol. The highest BCUT2D eigenvalue weighted by Crippen LogP contribution is 2.16. The molecule has 0 aromatic carbocycles. The molecule has 82 valence electrons. The number of hydrogen-bond donors (Lipinski definition) is 0. The zero-order chi connectivity index (χ0) is 10.8. The van der Waals surface area contributed by atoms with E-state index in [0.717, 1.165) is 24.9 Å². The smallest absolute Gasteiger partial charge is 0.245 e. The lowest BCUT2D eigenvalue weighted by molar-refractivity contribution is 0.747. The van der Waals surface area contributed by atoms with E-state index in [9.17, 15) is 0 Å². The van der Waals surface area contributed by atoms with Gasteiger partial charge in [0.1, 0.15) is 0 Å². The molecule has 0 aliphatic carbocycles. The third-order valence-electron chi connectivity index (χ3n) is 2.59. The molecule has 0 N–H and O–H groups in total. The van der Waals surface area contributed by atoms with Gasteiger partial charge in [0, 0.05) is 20.1 Å². The Kier molecular flexibility index (Phi) is 2.75. The summed E-state index contributed by atoms with van der Waals surface area (Å²) in [6.07, 6.45) is 4.58. The first-order valence-corrected chi connectivity index (χ1v) is 5.48. The SMILES string of the molecule is CC(C)=Cc1nc(N2CCCC2)nn1C. The number of hydrogen-bond acceptors (Lipinski definition) is 3. The Labute approximate surface area is 90.6 Å². The second kappa shape index (κ2) is 4.04. The Hall–Kier alpha value is -1.32. The van der Waals surface area contributed by atoms with Crippen LogP contribution in [-0.2, 0) is 7.05 Å². The summed E-state index contributed by atoms with van der Waals surface area (Å²) >= 11 is 0. The van der Waals surface area contributed by atoms with Crippen LogP contribution < -0.4 is 4.90 Å². The zero-order valence-corrected chi connectivity index (χ0v) is 9.69. The van der Waals surface area contributed by atoms with Crippen LogP contribution in [0.15, 0.2) is 5.57 Å². The van der Waals surface area contributed by atoms with Crippen LogP contribution in [0.4, 0.5) is 5.95 Å². The maximum Gasteiger partial charge on any atom is 0.245 e. The van der Waals surface area contributed by atoms with Gasteiger partial charge in [0.05, 0.1) is 0 Å². The average molecular weight is 206 g/mol. The second-order valence-electron chi connectivity index (χ2n) is 4.31. The number of allylic oxidation sites excluding steroid dienone is 1. The van der Waals surface area contributed by atoms with Gasteiger partial charge in [-0.15, -0.1) is 5.10 Å². The van der Waals surface area contributed by atoms with Crippen molar-refractivity contribution in [2.24, 2.45) is 7.05 Å². The van der Waals surface area contributed by atoms with Crippen LogP contribution in [0.1, 0.15) is 32.5 Å². The van der Waals surface area contributed by atoms with Crippen LogP contribution in [0.25, 0.3) is 6.08 Å². The predicted molar refractivity (Wildman–Crippen MR) is 61.8 cm³/mol. The first-order valence-electron chi connectivity index (χ1n) is 5.48. The van der Waals surface area contributed by atoms with E-state index >= 15 is 0 Å². The summed E-state index contributed by atoms with van der Waals surface area (Å²) in [5.41, 5.74) is 1.25. The van der Waals surface area contributed by atoms with Crippen molar-refractivity contribution in [3.63, 3.8) is 0 Å². The molecule has 0 amide bonds. The lowest BCUT2D eigenvalue weighted by atomic mass is 10.3. The number of aromatic nitrogens is 3. The first kappa shape index (κ1) is 10.2. The van der Waals surface area contributed by atoms with Gasteiger partial charge in [-0.25, -0.2) is 4.68 Å². The van der Waals surface area contributed by atoms with Crippen molar-refractivity contribution in [3.8, 4) is 0 Å². The van der Waals surface area contributed by atoms with Gasteiger partial charge in [-0.05, 0) is 32.8 Å².